The van der Waals surface area contributed by atoms with Gasteiger partial charge in [-0.1, -0.05) is 13.3 Å². The van der Waals surface area contributed by atoms with Crippen LogP contribution in [-0.4, -0.2) is 61.6 Å². The maximum atomic E-state index is 12.9. The quantitative estimate of drug-likeness (QED) is 0.406. The number of hydrogen-bond donors (Lipinski definition) is 0. The summed E-state index contributed by atoms with van der Waals surface area (Å²) in [7, 11) is 1.70. The number of benzene rings is 1. The first kappa shape index (κ1) is 20.5. The minimum atomic E-state index is -0.413. The summed E-state index contributed by atoms with van der Waals surface area (Å²) >= 11 is 0. The number of hydrogen-bond acceptors (Lipinski definition) is 6. The van der Waals surface area contributed by atoms with Crippen molar-refractivity contribution in [3.8, 4) is 0 Å². The highest BCUT2D eigenvalue weighted by atomic mass is 16.5. The molecule has 2 saturated heterocycles. The largest absolute Gasteiger partial charge is 0.462 e. The van der Waals surface area contributed by atoms with E-state index in [9.17, 15) is 14.4 Å². The molecule has 1 aromatic rings. The summed E-state index contributed by atoms with van der Waals surface area (Å²) in [5, 5.41) is 0. The van der Waals surface area contributed by atoms with E-state index in [1.165, 1.54) is 4.90 Å². The van der Waals surface area contributed by atoms with E-state index in [1.807, 2.05) is 6.92 Å². The van der Waals surface area contributed by atoms with Gasteiger partial charge in [-0.15, -0.1) is 0 Å². The van der Waals surface area contributed by atoms with Crippen LogP contribution in [0.4, 0.5) is 5.69 Å². The monoisotopic (exact) mass is 388 g/mol. The summed E-state index contributed by atoms with van der Waals surface area (Å²) in [6, 6.07) is 6.05. The highest BCUT2D eigenvalue weighted by Gasteiger charge is 2.43. The fraction of sp³-hybridized carbons (Fsp3) is 0.571. The van der Waals surface area contributed by atoms with Crippen molar-refractivity contribution in [2.24, 2.45) is 0 Å². The lowest BCUT2D eigenvalue weighted by atomic mass is 10.0. The van der Waals surface area contributed by atoms with Crippen LogP contribution >= 0.6 is 0 Å². The fourth-order valence-electron chi connectivity index (χ4n) is 3.73. The number of piperidine rings is 1. The van der Waals surface area contributed by atoms with Crippen molar-refractivity contribution in [1.82, 2.24) is 4.90 Å². The van der Waals surface area contributed by atoms with Crippen LogP contribution in [0.1, 0.15) is 49.4 Å². The molecule has 2 heterocycles. The van der Waals surface area contributed by atoms with Gasteiger partial charge in [-0.3, -0.25) is 14.5 Å². The van der Waals surface area contributed by atoms with E-state index in [-0.39, 0.29) is 24.3 Å². The van der Waals surface area contributed by atoms with Crippen molar-refractivity contribution in [1.29, 1.82) is 0 Å². The van der Waals surface area contributed by atoms with Crippen LogP contribution in [0.5, 0.6) is 0 Å². The second kappa shape index (κ2) is 9.30. The first-order valence-corrected chi connectivity index (χ1v) is 9.96. The smallest absolute Gasteiger partial charge is 0.338 e. The summed E-state index contributed by atoms with van der Waals surface area (Å²) in [6.07, 6.45) is 3.92. The molecule has 0 aliphatic carbocycles. The zero-order valence-corrected chi connectivity index (χ0v) is 16.6. The molecule has 1 unspecified atom stereocenters. The van der Waals surface area contributed by atoms with Crippen LogP contribution in [0.3, 0.4) is 0 Å². The minimum absolute atomic E-state index is 0.192. The molecule has 3 rings (SSSR count). The first-order chi connectivity index (χ1) is 13.5. The van der Waals surface area contributed by atoms with E-state index in [0.717, 1.165) is 38.8 Å². The van der Waals surface area contributed by atoms with Gasteiger partial charge < -0.3 is 9.47 Å². The zero-order valence-electron chi connectivity index (χ0n) is 16.6. The third-order valence-corrected chi connectivity index (χ3v) is 5.47. The normalized spacial score (nSPS) is 21.4. The predicted molar refractivity (Wildman–Crippen MR) is 104 cm³/mol. The van der Waals surface area contributed by atoms with Crippen LogP contribution in [0.25, 0.3) is 0 Å². The van der Waals surface area contributed by atoms with Crippen LogP contribution < -0.4 is 4.90 Å². The maximum Gasteiger partial charge on any atom is 0.338 e. The Bertz CT molecular complexity index is 710. The molecule has 2 fully saturated rings. The zero-order chi connectivity index (χ0) is 20.1. The van der Waals surface area contributed by atoms with Crippen molar-refractivity contribution in [3.63, 3.8) is 0 Å². The molecule has 0 saturated carbocycles. The van der Waals surface area contributed by atoms with Crippen LogP contribution in [0.15, 0.2) is 24.3 Å². The van der Waals surface area contributed by atoms with E-state index in [2.05, 4.69) is 4.90 Å². The van der Waals surface area contributed by atoms with Crippen LogP contribution in [0, 0.1) is 0 Å². The van der Waals surface area contributed by atoms with Gasteiger partial charge in [0.1, 0.15) is 0 Å². The van der Waals surface area contributed by atoms with Crippen molar-refractivity contribution in [2.75, 3.05) is 31.7 Å². The SMILES string of the molecule is CCCCOC(=O)c1ccc(N2C(=O)CC(N3CCC(OC)CC3)C2=O)cc1. The lowest BCUT2D eigenvalue weighted by Crippen LogP contribution is -2.47. The van der Waals surface area contributed by atoms with Crippen molar-refractivity contribution in [3.05, 3.63) is 29.8 Å². The number of anilines is 1. The fourth-order valence-corrected chi connectivity index (χ4v) is 3.73. The number of esters is 1. The van der Waals surface area contributed by atoms with Crippen LogP contribution in [0.2, 0.25) is 0 Å². The lowest BCUT2D eigenvalue weighted by molar-refractivity contribution is -0.123. The van der Waals surface area contributed by atoms with Gasteiger partial charge in [-0.05, 0) is 43.5 Å². The molecule has 7 heteroatoms. The van der Waals surface area contributed by atoms with Gasteiger partial charge in [-0.2, -0.15) is 0 Å². The minimum Gasteiger partial charge on any atom is -0.462 e. The number of nitrogens with zero attached hydrogens (tertiary/aromatic N) is 2. The highest BCUT2D eigenvalue weighted by molar-refractivity contribution is 6.22. The second-order valence-electron chi connectivity index (χ2n) is 7.29. The number of unbranched alkanes of at least 4 members (excludes halogenated alkanes) is 1. The number of imide groups is 1. The number of ether oxygens (including phenoxy) is 2. The number of amides is 2. The van der Waals surface area contributed by atoms with Gasteiger partial charge in [0, 0.05) is 20.2 Å². The molecule has 152 valence electrons. The summed E-state index contributed by atoms with van der Waals surface area (Å²) < 4.78 is 10.6. The van der Waals surface area contributed by atoms with E-state index in [0.29, 0.717) is 17.9 Å². The van der Waals surface area contributed by atoms with Crippen molar-refractivity contribution in [2.45, 2.75) is 51.2 Å². The van der Waals surface area contributed by atoms with Gasteiger partial charge in [0.2, 0.25) is 5.91 Å². The third-order valence-electron chi connectivity index (χ3n) is 5.47. The molecule has 28 heavy (non-hydrogen) atoms. The Balaban J connectivity index is 1.64. The molecule has 0 aromatic heterocycles. The summed E-state index contributed by atoms with van der Waals surface area (Å²) in [6.45, 7) is 3.92. The summed E-state index contributed by atoms with van der Waals surface area (Å²) in [5.41, 5.74) is 0.909. The van der Waals surface area contributed by atoms with Gasteiger partial charge in [0.25, 0.3) is 5.91 Å². The number of carbonyl (C=O) groups excluding carboxylic acids is 3. The Morgan fingerprint density at radius 2 is 1.82 bits per heavy atom. The Hall–Kier alpha value is -2.25. The number of carbonyl (C=O) groups is 3. The molecule has 7 nitrogen and oxygen atoms in total. The molecule has 2 aliphatic rings. The van der Waals surface area contributed by atoms with Crippen molar-refractivity contribution < 1.29 is 23.9 Å². The predicted octanol–water partition coefficient (Wildman–Crippen LogP) is 2.39. The van der Waals surface area contributed by atoms with E-state index in [1.54, 1.807) is 31.4 Å². The van der Waals surface area contributed by atoms with Crippen molar-refractivity contribution >= 4 is 23.5 Å². The van der Waals surface area contributed by atoms with Gasteiger partial charge >= 0.3 is 5.97 Å². The van der Waals surface area contributed by atoms with Gasteiger partial charge in [-0.25, -0.2) is 9.69 Å². The van der Waals surface area contributed by atoms with Gasteiger partial charge in [0.15, 0.2) is 0 Å². The molecular formula is C21H28N2O5. The maximum absolute atomic E-state index is 12.9. The summed E-state index contributed by atoms with van der Waals surface area (Å²) in [5.74, 6) is -0.792. The van der Waals surface area contributed by atoms with Crippen LogP contribution in [-0.2, 0) is 19.1 Å². The van der Waals surface area contributed by atoms with Gasteiger partial charge in [0.05, 0.1) is 36.4 Å². The molecular weight excluding hydrogens is 360 g/mol. The number of rotatable bonds is 7. The van der Waals surface area contributed by atoms with E-state index in [4.69, 9.17) is 9.47 Å². The third kappa shape index (κ3) is 4.42. The average molecular weight is 388 g/mol. The molecule has 0 spiro atoms. The lowest BCUT2D eigenvalue weighted by Gasteiger charge is -2.34. The highest BCUT2D eigenvalue weighted by Crippen LogP contribution is 2.28. The van der Waals surface area contributed by atoms with E-state index < -0.39 is 12.0 Å². The molecule has 0 radical (unpaired) electrons. The Morgan fingerprint density at radius 1 is 1.14 bits per heavy atom. The Kier molecular flexibility index (Phi) is 6.80. The number of methoxy groups -OCH3 is 1. The average Bonchev–Trinajstić information content (AvgIpc) is 3.02. The first-order valence-electron chi connectivity index (χ1n) is 9.96. The Morgan fingerprint density at radius 3 is 2.43 bits per heavy atom. The Labute approximate surface area is 165 Å². The molecule has 0 N–H and O–H groups in total. The molecule has 1 atom stereocenters. The topological polar surface area (TPSA) is 76.2 Å². The number of likely N-dealkylation sites (tertiary alicyclic amines) is 1. The molecule has 1 aromatic carbocycles. The molecule has 0 bridgehead atoms. The molecule has 2 amide bonds. The summed E-state index contributed by atoms with van der Waals surface area (Å²) in [4.78, 5) is 40.7. The van der Waals surface area contributed by atoms with E-state index >= 15 is 0 Å². The molecule has 2 aliphatic heterocycles. The second-order valence-corrected chi connectivity index (χ2v) is 7.29. The standard InChI is InChI=1S/C21H28N2O5/c1-3-4-13-28-21(26)15-5-7-16(8-6-15)23-19(24)14-18(20(23)25)22-11-9-17(27-2)10-12-22/h5-8,17-18H,3-4,9-14H2,1-2H3.